The molecule has 0 spiro atoms. The highest BCUT2D eigenvalue weighted by molar-refractivity contribution is 5.95. The molecule has 0 radical (unpaired) electrons. The van der Waals surface area contributed by atoms with E-state index in [-0.39, 0.29) is 11.8 Å². The van der Waals surface area contributed by atoms with Gasteiger partial charge in [0.2, 0.25) is 0 Å². The van der Waals surface area contributed by atoms with Crippen molar-refractivity contribution >= 4 is 11.9 Å². The first-order valence-corrected chi connectivity index (χ1v) is 7.59. The Labute approximate surface area is 124 Å². The molecular weight excluding hydrogens is 270 g/mol. The molecule has 1 aliphatic heterocycles. The van der Waals surface area contributed by atoms with Crippen molar-refractivity contribution in [1.29, 1.82) is 0 Å². The number of aliphatic carboxylic acids is 1. The Hall–Kier alpha value is -1.85. The quantitative estimate of drug-likeness (QED) is 0.900. The summed E-state index contributed by atoms with van der Waals surface area (Å²) >= 11 is 0. The van der Waals surface area contributed by atoms with Crippen molar-refractivity contribution in [3.05, 3.63) is 17.5 Å². The van der Waals surface area contributed by atoms with E-state index in [1.807, 2.05) is 11.6 Å². The Kier molecular flexibility index (Phi) is 4.98. The zero-order chi connectivity index (χ0) is 15.4. The van der Waals surface area contributed by atoms with Gasteiger partial charge < -0.3 is 10.0 Å². The van der Waals surface area contributed by atoms with Crippen LogP contribution < -0.4 is 0 Å². The first-order chi connectivity index (χ1) is 10.0. The van der Waals surface area contributed by atoms with Crippen molar-refractivity contribution in [1.82, 2.24) is 14.7 Å². The van der Waals surface area contributed by atoms with E-state index in [1.165, 1.54) is 0 Å². The maximum Gasteiger partial charge on any atom is 0.306 e. The molecule has 116 valence electrons. The summed E-state index contributed by atoms with van der Waals surface area (Å²) in [7, 11) is 0. The lowest BCUT2D eigenvalue weighted by Crippen LogP contribution is -2.40. The first-order valence-electron chi connectivity index (χ1n) is 7.59. The van der Waals surface area contributed by atoms with E-state index in [2.05, 4.69) is 12.0 Å². The molecule has 1 aliphatic rings. The number of hydrogen-bond donors (Lipinski definition) is 1. The number of unbranched alkanes of at least 4 members (excludes halogenated alkanes) is 1. The van der Waals surface area contributed by atoms with Gasteiger partial charge in [0.15, 0.2) is 0 Å². The predicted molar refractivity (Wildman–Crippen MR) is 78.1 cm³/mol. The van der Waals surface area contributed by atoms with Crippen molar-refractivity contribution in [2.24, 2.45) is 5.92 Å². The second-order valence-corrected chi connectivity index (χ2v) is 5.63. The molecule has 1 fully saturated rings. The Morgan fingerprint density at radius 3 is 2.62 bits per heavy atom. The van der Waals surface area contributed by atoms with E-state index in [9.17, 15) is 9.59 Å². The van der Waals surface area contributed by atoms with E-state index in [0.29, 0.717) is 31.5 Å². The molecule has 1 aromatic heterocycles. The van der Waals surface area contributed by atoms with Crippen molar-refractivity contribution in [2.75, 3.05) is 13.1 Å². The summed E-state index contributed by atoms with van der Waals surface area (Å²) in [5.74, 6) is -1.10. The van der Waals surface area contributed by atoms with E-state index in [0.717, 1.165) is 25.1 Å². The SMILES string of the molecule is CCCCn1ncc(C(=O)N2CCC(C(=O)O)CC2)c1C. The summed E-state index contributed by atoms with van der Waals surface area (Å²) in [6.07, 6.45) is 4.83. The summed E-state index contributed by atoms with van der Waals surface area (Å²) in [6.45, 7) is 5.89. The molecule has 0 aromatic carbocycles. The van der Waals surface area contributed by atoms with E-state index in [1.54, 1.807) is 11.1 Å². The average Bonchev–Trinajstić information content (AvgIpc) is 2.85. The third kappa shape index (κ3) is 3.43. The van der Waals surface area contributed by atoms with E-state index >= 15 is 0 Å². The van der Waals surface area contributed by atoms with Crippen LogP contribution in [0.25, 0.3) is 0 Å². The Balaban J connectivity index is 2.01. The molecule has 0 atom stereocenters. The lowest BCUT2D eigenvalue weighted by Gasteiger charge is -2.30. The minimum absolute atomic E-state index is 0.0286. The number of carboxylic acid groups (broad SMARTS) is 1. The van der Waals surface area contributed by atoms with Crippen LogP contribution in [0.1, 0.15) is 48.7 Å². The fourth-order valence-electron chi connectivity index (χ4n) is 2.69. The lowest BCUT2D eigenvalue weighted by molar-refractivity contribution is -0.143. The van der Waals surface area contributed by atoms with Gasteiger partial charge >= 0.3 is 5.97 Å². The maximum atomic E-state index is 12.5. The summed E-state index contributed by atoms with van der Waals surface area (Å²) in [6, 6.07) is 0. The molecule has 2 rings (SSSR count). The molecule has 21 heavy (non-hydrogen) atoms. The molecule has 1 N–H and O–H groups in total. The standard InChI is InChI=1S/C15H23N3O3/c1-3-4-7-18-11(2)13(10-16-18)14(19)17-8-5-12(6-9-17)15(20)21/h10,12H,3-9H2,1-2H3,(H,20,21). The molecular formula is C15H23N3O3. The number of rotatable bonds is 5. The monoisotopic (exact) mass is 293 g/mol. The number of carbonyl (C=O) groups is 2. The molecule has 6 nitrogen and oxygen atoms in total. The highest BCUT2D eigenvalue weighted by Crippen LogP contribution is 2.20. The number of piperidine rings is 1. The fraction of sp³-hybridized carbons (Fsp3) is 0.667. The molecule has 0 aliphatic carbocycles. The number of likely N-dealkylation sites (tertiary alicyclic amines) is 1. The zero-order valence-corrected chi connectivity index (χ0v) is 12.7. The zero-order valence-electron chi connectivity index (χ0n) is 12.7. The van der Waals surface area contributed by atoms with Crippen molar-refractivity contribution in [3.8, 4) is 0 Å². The maximum absolute atomic E-state index is 12.5. The molecule has 1 saturated heterocycles. The van der Waals surface area contributed by atoms with Gasteiger partial charge in [-0.15, -0.1) is 0 Å². The van der Waals surface area contributed by atoms with Crippen LogP contribution in [-0.4, -0.2) is 44.8 Å². The topological polar surface area (TPSA) is 75.4 Å². The van der Waals surface area contributed by atoms with Crippen LogP contribution in [0, 0.1) is 12.8 Å². The number of aromatic nitrogens is 2. The summed E-state index contributed by atoms with van der Waals surface area (Å²) in [5.41, 5.74) is 1.54. The Morgan fingerprint density at radius 1 is 1.38 bits per heavy atom. The number of aryl methyl sites for hydroxylation is 1. The Bertz CT molecular complexity index is 516. The number of carboxylic acids is 1. The molecule has 0 saturated carbocycles. The number of nitrogens with zero attached hydrogens (tertiary/aromatic N) is 3. The van der Waals surface area contributed by atoms with Gasteiger partial charge in [-0.25, -0.2) is 0 Å². The van der Waals surface area contributed by atoms with Crippen LogP contribution in [0.3, 0.4) is 0 Å². The minimum Gasteiger partial charge on any atom is -0.481 e. The van der Waals surface area contributed by atoms with Crippen LogP contribution in [0.4, 0.5) is 0 Å². The number of amides is 1. The van der Waals surface area contributed by atoms with Gasteiger partial charge in [-0.2, -0.15) is 5.10 Å². The van der Waals surface area contributed by atoms with Crippen LogP contribution in [0.5, 0.6) is 0 Å². The van der Waals surface area contributed by atoms with Gasteiger partial charge in [0.25, 0.3) is 5.91 Å². The Morgan fingerprint density at radius 2 is 2.05 bits per heavy atom. The first kappa shape index (κ1) is 15.5. The summed E-state index contributed by atoms with van der Waals surface area (Å²) in [4.78, 5) is 25.2. The number of hydrogen-bond acceptors (Lipinski definition) is 3. The van der Waals surface area contributed by atoms with Gasteiger partial charge in [-0.1, -0.05) is 13.3 Å². The minimum atomic E-state index is -0.759. The van der Waals surface area contributed by atoms with E-state index < -0.39 is 5.97 Å². The summed E-state index contributed by atoms with van der Waals surface area (Å²) < 4.78 is 1.88. The highest BCUT2D eigenvalue weighted by atomic mass is 16.4. The van der Waals surface area contributed by atoms with Crippen molar-refractivity contribution in [3.63, 3.8) is 0 Å². The summed E-state index contributed by atoms with van der Waals surface area (Å²) in [5, 5.41) is 13.3. The smallest absolute Gasteiger partial charge is 0.306 e. The molecule has 1 aromatic rings. The molecule has 0 bridgehead atoms. The van der Waals surface area contributed by atoms with Crippen molar-refractivity contribution in [2.45, 2.75) is 46.1 Å². The predicted octanol–water partition coefficient (Wildman–Crippen LogP) is 1.93. The highest BCUT2D eigenvalue weighted by Gasteiger charge is 2.28. The van der Waals surface area contributed by atoms with Gasteiger partial charge in [0, 0.05) is 25.3 Å². The number of carbonyl (C=O) groups excluding carboxylic acids is 1. The van der Waals surface area contributed by atoms with E-state index in [4.69, 9.17) is 5.11 Å². The molecule has 2 heterocycles. The fourth-order valence-corrected chi connectivity index (χ4v) is 2.69. The van der Waals surface area contributed by atoms with Gasteiger partial charge in [-0.3, -0.25) is 14.3 Å². The van der Waals surface area contributed by atoms with Crippen molar-refractivity contribution < 1.29 is 14.7 Å². The second-order valence-electron chi connectivity index (χ2n) is 5.63. The van der Waals surface area contributed by atoms with Crippen LogP contribution in [0.2, 0.25) is 0 Å². The normalized spacial score (nSPS) is 16.2. The largest absolute Gasteiger partial charge is 0.481 e. The van der Waals surface area contributed by atoms with Crippen LogP contribution in [0.15, 0.2) is 6.20 Å². The van der Waals surface area contributed by atoms with Gasteiger partial charge in [0.1, 0.15) is 0 Å². The second kappa shape index (κ2) is 6.74. The van der Waals surface area contributed by atoms with Gasteiger partial charge in [-0.05, 0) is 26.2 Å². The van der Waals surface area contributed by atoms with Crippen LogP contribution in [-0.2, 0) is 11.3 Å². The van der Waals surface area contributed by atoms with Gasteiger partial charge in [0.05, 0.1) is 17.7 Å². The molecule has 1 amide bonds. The average molecular weight is 293 g/mol. The third-order valence-corrected chi connectivity index (χ3v) is 4.19. The third-order valence-electron chi connectivity index (χ3n) is 4.19. The van der Waals surface area contributed by atoms with Crippen LogP contribution >= 0.6 is 0 Å². The lowest BCUT2D eigenvalue weighted by atomic mass is 9.96. The molecule has 0 unspecified atom stereocenters. The molecule has 6 heteroatoms.